The van der Waals surface area contributed by atoms with Crippen LogP contribution in [0.3, 0.4) is 0 Å². The minimum absolute atomic E-state index is 0.109. The summed E-state index contributed by atoms with van der Waals surface area (Å²) in [5.41, 5.74) is 1.85. The molecule has 0 aliphatic rings. The number of anilines is 1. The fourth-order valence-electron chi connectivity index (χ4n) is 1.79. The molecule has 5 nitrogen and oxygen atoms in total. The molecule has 23 heavy (non-hydrogen) atoms. The van der Waals surface area contributed by atoms with Crippen LogP contribution in [0.5, 0.6) is 0 Å². The third kappa shape index (κ3) is 5.57. The molecule has 0 unspecified atom stereocenters. The highest BCUT2D eigenvalue weighted by molar-refractivity contribution is 9.10. The molecule has 0 radical (unpaired) electrons. The Morgan fingerprint density at radius 2 is 1.74 bits per heavy atom. The summed E-state index contributed by atoms with van der Waals surface area (Å²) in [7, 11) is 0. The number of esters is 1. The lowest BCUT2D eigenvalue weighted by Gasteiger charge is -2.07. The average molecular weight is 373 g/mol. The number of benzene rings is 2. The van der Waals surface area contributed by atoms with Crippen LogP contribution in [-0.2, 0) is 20.7 Å². The van der Waals surface area contributed by atoms with Crippen molar-refractivity contribution in [1.29, 1.82) is 5.26 Å². The van der Waals surface area contributed by atoms with Gasteiger partial charge in [0.1, 0.15) is 0 Å². The van der Waals surface area contributed by atoms with Crippen LogP contribution in [-0.4, -0.2) is 18.5 Å². The molecule has 0 bridgehead atoms. The van der Waals surface area contributed by atoms with Gasteiger partial charge >= 0.3 is 5.97 Å². The number of carbonyl (C=O) groups is 2. The van der Waals surface area contributed by atoms with Crippen molar-refractivity contribution in [3.8, 4) is 6.07 Å². The van der Waals surface area contributed by atoms with Crippen molar-refractivity contribution in [3.63, 3.8) is 0 Å². The third-order valence-electron chi connectivity index (χ3n) is 2.92. The maximum absolute atomic E-state index is 11.7. The van der Waals surface area contributed by atoms with Crippen molar-refractivity contribution >= 4 is 33.5 Å². The van der Waals surface area contributed by atoms with E-state index in [1.54, 1.807) is 24.3 Å². The quantitative estimate of drug-likeness (QED) is 0.818. The Balaban J connectivity index is 1.78. The van der Waals surface area contributed by atoms with Crippen LogP contribution in [0, 0.1) is 11.3 Å². The summed E-state index contributed by atoms with van der Waals surface area (Å²) in [6, 6.07) is 15.7. The lowest BCUT2D eigenvalue weighted by molar-refractivity contribution is -0.146. The van der Waals surface area contributed by atoms with E-state index in [2.05, 4.69) is 21.2 Å². The Morgan fingerprint density at radius 1 is 1.09 bits per heavy atom. The second-order valence-corrected chi connectivity index (χ2v) is 5.62. The number of ether oxygens (including phenoxy) is 1. The Bertz CT molecular complexity index is 734. The molecule has 0 aromatic heterocycles. The summed E-state index contributed by atoms with van der Waals surface area (Å²) in [6.45, 7) is -0.352. The van der Waals surface area contributed by atoms with Crippen molar-refractivity contribution in [2.24, 2.45) is 0 Å². The Kier molecular flexibility index (Phi) is 5.89. The van der Waals surface area contributed by atoms with Gasteiger partial charge in [0.05, 0.1) is 18.1 Å². The summed E-state index contributed by atoms with van der Waals surface area (Å²) in [5, 5.41) is 11.3. The van der Waals surface area contributed by atoms with Crippen LogP contribution < -0.4 is 5.32 Å². The molecule has 116 valence electrons. The van der Waals surface area contributed by atoms with Gasteiger partial charge < -0.3 is 10.1 Å². The number of hydrogen-bond acceptors (Lipinski definition) is 4. The smallest absolute Gasteiger partial charge is 0.310 e. The SMILES string of the molecule is N#Cc1ccc(NC(=O)COC(=O)Cc2ccc(Br)cc2)cc1. The maximum Gasteiger partial charge on any atom is 0.310 e. The van der Waals surface area contributed by atoms with Crippen LogP contribution >= 0.6 is 15.9 Å². The average Bonchev–Trinajstić information content (AvgIpc) is 2.56. The van der Waals surface area contributed by atoms with E-state index in [0.29, 0.717) is 11.3 Å². The predicted molar refractivity (Wildman–Crippen MR) is 88.6 cm³/mol. The third-order valence-corrected chi connectivity index (χ3v) is 3.45. The Morgan fingerprint density at radius 3 is 2.35 bits per heavy atom. The predicted octanol–water partition coefficient (Wildman–Crippen LogP) is 3.05. The van der Waals surface area contributed by atoms with Gasteiger partial charge in [0.25, 0.3) is 5.91 Å². The van der Waals surface area contributed by atoms with Crippen LogP contribution in [0.1, 0.15) is 11.1 Å². The maximum atomic E-state index is 11.7. The Labute approximate surface area is 142 Å². The molecule has 0 aliphatic carbocycles. The van der Waals surface area contributed by atoms with Crippen LogP contribution in [0.25, 0.3) is 0 Å². The van der Waals surface area contributed by atoms with Crippen molar-refractivity contribution in [2.75, 3.05) is 11.9 Å². The van der Waals surface area contributed by atoms with Crippen molar-refractivity contribution in [2.45, 2.75) is 6.42 Å². The van der Waals surface area contributed by atoms with Crippen molar-refractivity contribution < 1.29 is 14.3 Å². The summed E-state index contributed by atoms with van der Waals surface area (Å²) in [4.78, 5) is 23.4. The van der Waals surface area contributed by atoms with E-state index in [1.807, 2.05) is 30.3 Å². The van der Waals surface area contributed by atoms with Crippen molar-refractivity contribution in [3.05, 3.63) is 64.1 Å². The molecule has 0 spiro atoms. The van der Waals surface area contributed by atoms with E-state index in [-0.39, 0.29) is 13.0 Å². The van der Waals surface area contributed by atoms with Crippen LogP contribution in [0.4, 0.5) is 5.69 Å². The molecule has 0 atom stereocenters. The highest BCUT2D eigenvalue weighted by Gasteiger charge is 2.09. The second-order valence-electron chi connectivity index (χ2n) is 4.70. The number of hydrogen-bond donors (Lipinski definition) is 1. The minimum Gasteiger partial charge on any atom is -0.455 e. The summed E-state index contributed by atoms with van der Waals surface area (Å²) in [6.07, 6.45) is 0.109. The number of rotatable bonds is 5. The first-order chi connectivity index (χ1) is 11.1. The van der Waals surface area contributed by atoms with Gasteiger partial charge in [-0.05, 0) is 42.0 Å². The van der Waals surface area contributed by atoms with E-state index in [0.717, 1.165) is 10.0 Å². The summed E-state index contributed by atoms with van der Waals surface area (Å²) < 4.78 is 5.87. The van der Waals surface area contributed by atoms with Gasteiger partial charge in [-0.1, -0.05) is 28.1 Å². The lowest BCUT2D eigenvalue weighted by Crippen LogP contribution is -2.21. The summed E-state index contributed by atoms with van der Waals surface area (Å²) in [5.74, 6) is -0.902. The molecule has 0 fully saturated rings. The zero-order valence-electron chi connectivity index (χ0n) is 12.1. The minimum atomic E-state index is -0.470. The zero-order chi connectivity index (χ0) is 16.7. The Hall–Kier alpha value is -2.65. The second kappa shape index (κ2) is 8.11. The number of carbonyl (C=O) groups excluding carboxylic acids is 2. The lowest BCUT2D eigenvalue weighted by atomic mass is 10.2. The summed E-state index contributed by atoms with van der Waals surface area (Å²) >= 11 is 3.32. The van der Waals surface area contributed by atoms with Gasteiger partial charge in [-0.3, -0.25) is 9.59 Å². The number of halogens is 1. The topological polar surface area (TPSA) is 79.2 Å². The monoisotopic (exact) mass is 372 g/mol. The van der Waals surface area contributed by atoms with Gasteiger partial charge in [-0.25, -0.2) is 0 Å². The molecule has 0 saturated heterocycles. The first kappa shape index (κ1) is 16.7. The standard InChI is InChI=1S/C17H13BrN2O3/c18-14-5-1-12(2-6-14)9-17(22)23-11-16(21)20-15-7-3-13(10-19)4-8-15/h1-8H,9,11H2,(H,20,21). The fourth-order valence-corrected chi connectivity index (χ4v) is 2.06. The largest absolute Gasteiger partial charge is 0.455 e. The van der Waals surface area contributed by atoms with Crippen LogP contribution in [0.15, 0.2) is 53.0 Å². The first-order valence-corrected chi connectivity index (χ1v) is 7.56. The molecule has 2 aromatic rings. The molecule has 0 aliphatic heterocycles. The van der Waals surface area contributed by atoms with Crippen molar-refractivity contribution in [1.82, 2.24) is 0 Å². The highest BCUT2D eigenvalue weighted by Crippen LogP contribution is 2.11. The molecule has 2 rings (SSSR count). The number of nitrogens with one attached hydrogen (secondary N) is 1. The van der Waals surface area contributed by atoms with Gasteiger partial charge in [-0.15, -0.1) is 0 Å². The molecule has 2 aromatic carbocycles. The van der Waals surface area contributed by atoms with E-state index < -0.39 is 11.9 Å². The molecule has 1 N–H and O–H groups in total. The molecule has 0 saturated carbocycles. The van der Waals surface area contributed by atoms with Gasteiger partial charge in [0, 0.05) is 10.2 Å². The first-order valence-electron chi connectivity index (χ1n) is 6.77. The molecular weight excluding hydrogens is 360 g/mol. The molecule has 1 amide bonds. The molecule has 6 heteroatoms. The van der Waals surface area contributed by atoms with E-state index in [1.165, 1.54) is 0 Å². The molecular formula is C17H13BrN2O3. The molecule has 0 heterocycles. The van der Waals surface area contributed by atoms with E-state index in [4.69, 9.17) is 10.00 Å². The van der Waals surface area contributed by atoms with E-state index >= 15 is 0 Å². The zero-order valence-corrected chi connectivity index (χ0v) is 13.7. The fraction of sp³-hybridized carbons (Fsp3) is 0.118. The number of nitriles is 1. The number of amides is 1. The van der Waals surface area contributed by atoms with Gasteiger partial charge in [-0.2, -0.15) is 5.26 Å². The van der Waals surface area contributed by atoms with Gasteiger partial charge in [0.2, 0.25) is 0 Å². The van der Waals surface area contributed by atoms with E-state index in [9.17, 15) is 9.59 Å². The van der Waals surface area contributed by atoms with Gasteiger partial charge in [0.15, 0.2) is 6.61 Å². The van der Waals surface area contributed by atoms with Crippen LogP contribution in [0.2, 0.25) is 0 Å². The highest BCUT2D eigenvalue weighted by atomic mass is 79.9. The normalized spacial score (nSPS) is 9.74. The number of nitrogens with zero attached hydrogens (tertiary/aromatic N) is 1.